The number of hydrogen-bond acceptors (Lipinski definition) is 7. The largest absolute Gasteiger partial charge is 0.376 e. The van der Waals surface area contributed by atoms with Gasteiger partial charge in [0.2, 0.25) is 11.7 Å². The van der Waals surface area contributed by atoms with E-state index in [-0.39, 0.29) is 11.8 Å². The fourth-order valence-electron chi connectivity index (χ4n) is 2.75. The van der Waals surface area contributed by atoms with Crippen molar-refractivity contribution in [1.29, 1.82) is 0 Å². The summed E-state index contributed by atoms with van der Waals surface area (Å²) in [6, 6.07) is 7.25. The standard InChI is InChI=1S/C16H16ClN5O3S/c17-11-4-1-3-10(7-11)14-18-13(25-21-14)9-26-16-20-19-15(23)22(16)8-12-5-2-6-24-12/h1,3-4,7,12H,2,5-6,8-9H2,(H,19,23)/t12-/m0/s1. The Morgan fingerprint density at radius 3 is 3.15 bits per heavy atom. The third-order valence-electron chi connectivity index (χ3n) is 4.01. The van der Waals surface area contributed by atoms with Crippen LogP contribution in [0.1, 0.15) is 18.7 Å². The van der Waals surface area contributed by atoms with Gasteiger partial charge in [-0.2, -0.15) is 4.98 Å². The van der Waals surface area contributed by atoms with Crippen LogP contribution < -0.4 is 5.69 Å². The number of H-pyrrole nitrogens is 1. The second-order valence-corrected chi connectivity index (χ2v) is 7.25. The summed E-state index contributed by atoms with van der Waals surface area (Å²) in [5.74, 6) is 1.33. The molecular weight excluding hydrogens is 378 g/mol. The molecule has 3 heterocycles. The van der Waals surface area contributed by atoms with E-state index in [0.717, 1.165) is 25.0 Å². The van der Waals surface area contributed by atoms with Crippen LogP contribution in [-0.4, -0.2) is 37.6 Å². The van der Waals surface area contributed by atoms with Crippen molar-refractivity contribution in [2.75, 3.05) is 6.61 Å². The monoisotopic (exact) mass is 393 g/mol. The predicted molar refractivity (Wildman–Crippen MR) is 96.1 cm³/mol. The molecule has 0 aliphatic carbocycles. The minimum atomic E-state index is -0.242. The number of hydrogen-bond donors (Lipinski definition) is 1. The lowest BCUT2D eigenvalue weighted by molar-refractivity contribution is 0.0941. The quantitative estimate of drug-likeness (QED) is 0.643. The van der Waals surface area contributed by atoms with Crippen molar-refractivity contribution in [3.63, 3.8) is 0 Å². The molecule has 0 amide bonds. The van der Waals surface area contributed by atoms with Gasteiger partial charge < -0.3 is 9.26 Å². The van der Waals surface area contributed by atoms with Crippen LogP contribution in [0.5, 0.6) is 0 Å². The molecule has 4 rings (SSSR count). The zero-order chi connectivity index (χ0) is 17.9. The molecule has 1 aliphatic heterocycles. The number of thioether (sulfide) groups is 1. The van der Waals surface area contributed by atoms with E-state index in [1.54, 1.807) is 16.7 Å². The van der Waals surface area contributed by atoms with Crippen molar-refractivity contribution in [2.24, 2.45) is 0 Å². The first-order valence-corrected chi connectivity index (χ1v) is 9.53. The molecule has 0 bridgehead atoms. The molecule has 1 N–H and O–H groups in total. The van der Waals surface area contributed by atoms with Gasteiger partial charge in [-0.15, -0.1) is 5.10 Å². The highest BCUT2D eigenvalue weighted by atomic mass is 35.5. The van der Waals surface area contributed by atoms with E-state index in [9.17, 15) is 4.79 Å². The summed E-state index contributed by atoms with van der Waals surface area (Å²) in [6.07, 6.45) is 2.03. The first kappa shape index (κ1) is 17.3. The molecule has 1 aliphatic rings. The van der Waals surface area contributed by atoms with Crippen LogP contribution >= 0.6 is 23.4 Å². The summed E-state index contributed by atoms with van der Waals surface area (Å²) in [5, 5.41) is 11.7. The molecule has 2 aromatic heterocycles. The molecule has 0 spiro atoms. The first-order valence-electron chi connectivity index (χ1n) is 8.17. The van der Waals surface area contributed by atoms with Crippen LogP contribution in [0.25, 0.3) is 11.4 Å². The van der Waals surface area contributed by atoms with Crippen LogP contribution in [0, 0.1) is 0 Å². The number of nitrogens with zero attached hydrogens (tertiary/aromatic N) is 4. The van der Waals surface area contributed by atoms with Crippen molar-refractivity contribution in [3.8, 4) is 11.4 Å². The SMILES string of the molecule is O=c1[nH]nc(SCc2nc(-c3cccc(Cl)c3)no2)n1C[C@@H]1CCCO1. The Morgan fingerprint density at radius 2 is 2.35 bits per heavy atom. The molecule has 136 valence electrons. The molecule has 8 nitrogen and oxygen atoms in total. The van der Waals surface area contributed by atoms with Gasteiger partial charge in [-0.25, -0.2) is 9.89 Å². The number of aromatic nitrogens is 5. The number of halogens is 1. The molecule has 1 aromatic carbocycles. The minimum Gasteiger partial charge on any atom is -0.376 e. The number of aromatic amines is 1. The minimum absolute atomic E-state index is 0.0579. The van der Waals surface area contributed by atoms with E-state index in [1.807, 2.05) is 12.1 Å². The average Bonchev–Trinajstić information content (AvgIpc) is 3.37. The summed E-state index contributed by atoms with van der Waals surface area (Å²) >= 11 is 7.35. The molecular formula is C16H16ClN5O3S. The first-order chi connectivity index (χ1) is 12.7. The maximum absolute atomic E-state index is 12.0. The van der Waals surface area contributed by atoms with Crippen molar-refractivity contribution in [3.05, 3.63) is 45.7 Å². The van der Waals surface area contributed by atoms with Gasteiger partial charge in [0.05, 0.1) is 18.4 Å². The Hall–Kier alpha value is -2.10. The van der Waals surface area contributed by atoms with Gasteiger partial charge in [-0.05, 0) is 25.0 Å². The zero-order valence-electron chi connectivity index (χ0n) is 13.7. The molecule has 0 saturated carbocycles. The van der Waals surface area contributed by atoms with Crippen molar-refractivity contribution in [2.45, 2.75) is 36.4 Å². The van der Waals surface area contributed by atoms with E-state index in [0.29, 0.717) is 34.2 Å². The molecule has 3 aromatic rings. The topological polar surface area (TPSA) is 98.8 Å². The molecule has 26 heavy (non-hydrogen) atoms. The Kier molecular flexibility index (Phi) is 5.09. The summed E-state index contributed by atoms with van der Waals surface area (Å²) in [4.78, 5) is 16.3. The second kappa shape index (κ2) is 7.65. The van der Waals surface area contributed by atoms with Gasteiger partial charge in [0, 0.05) is 17.2 Å². The van der Waals surface area contributed by atoms with Gasteiger partial charge in [-0.1, -0.05) is 40.7 Å². The van der Waals surface area contributed by atoms with Crippen LogP contribution in [0.2, 0.25) is 5.02 Å². The van der Waals surface area contributed by atoms with E-state index in [2.05, 4.69) is 20.3 Å². The summed E-state index contributed by atoms with van der Waals surface area (Å²) < 4.78 is 12.5. The molecule has 0 radical (unpaired) electrons. The summed E-state index contributed by atoms with van der Waals surface area (Å²) in [7, 11) is 0. The van der Waals surface area contributed by atoms with Crippen molar-refractivity contribution in [1.82, 2.24) is 24.9 Å². The summed E-state index contributed by atoms with van der Waals surface area (Å²) in [5.41, 5.74) is 0.542. The molecule has 10 heteroatoms. The van der Waals surface area contributed by atoms with Crippen molar-refractivity contribution >= 4 is 23.4 Å². The fourth-order valence-corrected chi connectivity index (χ4v) is 3.73. The van der Waals surface area contributed by atoms with E-state index < -0.39 is 0 Å². The zero-order valence-corrected chi connectivity index (χ0v) is 15.3. The van der Waals surface area contributed by atoms with Crippen LogP contribution in [0.3, 0.4) is 0 Å². The molecule has 1 fully saturated rings. The fraction of sp³-hybridized carbons (Fsp3) is 0.375. The van der Waals surface area contributed by atoms with Gasteiger partial charge in [0.25, 0.3) is 0 Å². The smallest absolute Gasteiger partial charge is 0.344 e. The summed E-state index contributed by atoms with van der Waals surface area (Å²) in [6.45, 7) is 1.24. The average molecular weight is 394 g/mol. The Balaban J connectivity index is 1.44. The third kappa shape index (κ3) is 3.84. The molecule has 0 unspecified atom stereocenters. The van der Waals surface area contributed by atoms with Gasteiger partial charge in [0.15, 0.2) is 5.16 Å². The number of ether oxygens (including phenoxy) is 1. The number of rotatable bonds is 6. The van der Waals surface area contributed by atoms with E-state index in [4.69, 9.17) is 20.9 Å². The highest BCUT2D eigenvalue weighted by Gasteiger charge is 2.20. The second-order valence-electron chi connectivity index (χ2n) is 5.87. The van der Waals surface area contributed by atoms with E-state index >= 15 is 0 Å². The lowest BCUT2D eigenvalue weighted by Crippen LogP contribution is -2.24. The maximum atomic E-state index is 12.0. The van der Waals surface area contributed by atoms with Crippen LogP contribution in [0.15, 0.2) is 38.7 Å². The lowest BCUT2D eigenvalue weighted by Gasteiger charge is -2.10. The highest BCUT2D eigenvalue weighted by molar-refractivity contribution is 7.98. The predicted octanol–water partition coefficient (Wildman–Crippen LogP) is 2.75. The number of nitrogens with one attached hydrogen (secondary N) is 1. The van der Waals surface area contributed by atoms with Gasteiger partial charge in [-0.3, -0.25) is 4.57 Å². The van der Waals surface area contributed by atoms with Gasteiger partial charge in [0.1, 0.15) is 0 Å². The Labute approximate surface area is 157 Å². The lowest BCUT2D eigenvalue weighted by atomic mass is 10.2. The van der Waals surface area contributed by atoms with Crippen LogP contribution in [-0.2, 0) is 17.0 Å². The molecule has 1 saturated heterocycles. The van der Waals surface area contributed by atoms with Crippen LogP contribution in [0.4, 0.5) is 0 Å². The third-order valence-corrected chi connectivity index (χ3v) is 5.21. The Bertz CT molecular complexity index is 947. The highest BCUT2D eigenvalue weighted by Crippen LogP contribution is 2.24. The van der Waals surface area contributed by atoms with Crippen molar-refractivity contribution < 1.29 is 9.26 Å². The van der Waals surface area contributed by atoms with E-state index in [1.165, 1.54) is 11.8 Å². The number of benzene rings is 1. The maximum Gasteiger partial charge on any atom is 0.344 e. The van der Waals surface area contributed by atoms with Gasteiger partial charge >= 0.3 is 5.69 Å². The Morgan fingerprint density at radius 1 is 1.42 bits per heavy atom. The normalized spacial score (nSPS) is 17.0. The molecule has 1 atom stereocenters.